The Balaban J connectivity index is 1.99. The molecule has 82 valence electrons. The van der Waals surface area contributed by atoms with Gasteiger partial charge in [0.05, 0.1) is 0 Å². The number of hydrogen-bond donors (Lipinski definition) is 0. The van der Waals surface area contributed by atoms with Crippen molar-refractivity contribution < 1.29 is 0 Å². The Morgan fingerprint density at radius 1 is 1.44 bits per heavy atom. The standard InChI is InChI=1S/C12H14N4/c1-9-4-5-11-14-12(15-16(11)8-9)10-3-2-6-13-7-10/h2-3,6-7,9H,4-5,8H2,1H3. The molecule has 0 spiro atoms. The number of aryl methyl sites for hydroxylation is 1. The van der Waals surface area contributed by atoms with E-state index in [0.29, 0.717) is 5.92 Å². The molecule has 4 nitrogen and oxygen atoms in total. The lowest BCUT2D eigenvalue weighted by atomic mass is 10.0. The third-order valence-electron chi connectivity index (χ3n) is 3.01. The summed E-state index contributed by atoms with van der Waals surface area (Å²) in [6.45, 7) is 3.25. The molecular weight excluding hydrogens is 200 g/mol. The van der Waals surface area contributed by atoms with Gasteiger partial charge >= 0.3 is 0 Å². The van der Waals surface area contributed by atoms with Crippen molar-refractivity contribution in [3.63, 3.8) is 0 Å². The number of pyridine rings is 1. The second-order valence-electron chi connectivity index (χ2n) is 4.42. The van der Waals surface area contributed by atoms with Gasteiger partial charge in [0.2, 0.25) is 0 Å². The monoisotopic (exact) mass is 214 g/mol. The molecule has 0 radical (unpaired) electrons. The van der Waals surface area contributed by atoms with Crippen LogP contribution in [-0.2, 0) is 13.0 Å². The number of aromatic nitrogens is 4. The minimum Gasteiger partial charge on any atom is -0.264 e. The minimum absolute atomic E-state index is 0.705. The molecule has 16 heavy (non-hydrogen) atoms. The van der Waals surface area contributed by atoms with Gasteiger partial charge in [-0.3, -0.25) is 4.98 Å². The molecule has 0 aromatic carbocycles. The van der Waals surface area contributed by atoms with Gasteiger partial charge in [-0.2, -0.15) is 5.10 Å². The Morgan fingerprint density at radius 3 is 3.19 bits per heavy atom. The Morgan fingerprint density at radius 2 is 2.38 bits per heavy atom. The number of rotatable bonds is 1. The van der Waals surface area contributed by atoms with E-state index in [1.807, 2.05) is 23.0 Å². The second-order valence-corrected chi connectivity index (χ2v) is 4.42. The lowest BCUT2D eigenvalue weighted by Crippen LogP contribution is -2.18. The van der Waals surface area contributed by atoms with Gasteiger partial charge in [0.1, 0.15) is 5.82 Å². The van der Waals surface area contributed by atoms with Crippen LogP contribution < -0.4 is 0 Å². The maximum absolute atomic E-state index is 4.57. The maximum atomic E-state index is 4.57. The van der Waals surface area contributed by atoms with Crippen LogP contribution in [-0.4, -0.2) is 19.7 Å². The van der Waals surface area contributed by atoms with Crippen LogP contribution in [0.1, 0.15) is 19.2 Å². The van der Waals surface area contributed by atoms with Crippen LogP contribution in [0.15, 0.2) is 24.5 Å². The number of fused-ring (bicyclic) bond motifs is 1. The lowest BCUT2D eigenvalue weighted by molar-refractivity contribution is 0.368. The van der Waals surface area contributed by atoms with Gasteiger partial charge in [-0.1, -0.05) is 6.92 Å². The topological polar surface area (TPSA) is 43.6 Å². The van der Waals surface area contributed by atoms with E-state index in [1.54, 1.807) is 6.20 Å². The summed E-state index contributed by atoms with van der Waals surface area (Å²) >= 11 is 0. The van der Waals surface area contributed by atoms with E-state index in [0.717, 1.165) is 30.2 Å². The zero-order valence-electron chi connectivity index (χ0n) is 9.30. The van der Waals surface area contributed by atoms with Crippen molar-refractivity contribution in [2.45, 2.75) is 26.3 Å². The molecule has 0 bridgehead atoms. The number of hydrogen-bond acceptors (Lipinski definition) is 3. The number of nitrogens with zero attached hydrogens (tertiary/aromatic N) is 4. The summed E-state index contributed by atoms with van der Waals surface area (Å²) in [7, 11) is 0. The van der Waals surface area contributed by atoms with E-state index < -0.39 is 0 Å². The average molecular weight is 214 g/mol. The summed E-state index contributed by atoms with van der Waals surface area (Å²) in [5.41, 5.74) is 0.997. The van der Waals surface area contributed by atoms with Crippen molar-refractivity contribution in [3.8, 4) is 11.4 Å². The Kier molecular flexibility index (Phi) is 2.20. The van der Waals surface area contributed by atoms with Crippen LogP contribution in [0.3, 0.4) is 0 Å². The van der Waals surface area contributed by atoms with Crippen LogP contribution in [0.4, 0.5) is 0 Å². The van der Waals surface area contributed by atoms with E-state index in [-0.39, 0.29) is 0 Å². The average Bonchev–Trinajstić information content (AvgIpc) is 2.73. The molecule has 0 saturated carbocycles. The van der Waals surface area contributed by atoms with Crippen molar-refractivity contribution in [1.29, 1.82) is 0 Å². The van der Waals surface area contributed by atoms with Crippen molar-refractivity contribution in [2.75, 3.05) is 0 Å². The molecule has 2 aromatic heterocycles. The van der Waals surface area contributed by atoms with E-state index in [9.17, 15) is 0 Å². The normalized spacial score (nSPS) is 19.4. The summed E-state index contributed by atoms with van der Waals surface area (Å²) in [5.74, 6) is 2.62. The minimum atomic E-state index is 0.705. The van der Waals surface area contributed by atoms with E-state index in [4.69, 9.17) is 0 Å². The first-order chi connectivity index (χ1) is 7.83. The SMILES string of the molecule is CC1CCc2nc(-c3cccnc3)nn2C1. The highest BCUT2D eigenvalue weighted by atomic mass is 15.4. The molecular formula is C12H14N4. The fourth-order valence-electron chi connectivity index (χ4n) is 2.08. The third-order valence-corrected chi connectivity index (χ3v) is 3.01. The van der Waals surface area contributed by atoms with Crippen molar-refractivity contribution in [1.82, 2.24) is 19.7 Å². The molecule has 0 saturated heterocycles. The fraction of sp³-hybridized carbons (Fsp3) is 0.417. The molecule has 0 N–H and O–H groups in total. The first-order valence-electron chi connectivity index (χ1n) is 5.67. The van der Waals surface area contributed by atoms with Gasteiger partial charge in [-0.15, -0.1) is 0 Å². The van der Waals surface area contributed by atoms with Crippen molar-refractivity contribution in [3.05, 3.63) is 30.4 Å². The molecule has 3 heterocycles. The molecule has 1 aliphatic rings. The van der Waals surface area contributed by atoms with E-state index >= 15 is 0 Å². The molecule has 0 aliphatic carbocycles. The summed E-state index contributed by atoms with van der Waals surface area (Å²) < 4.78 is 2.04. The van der Waals surface area contributed by atoms with Gasteiger partial charge in [0.25, 0.3) is 0 Å². The fourth-order valence-corrected chi connectivity index (χ4v) is 2.08. The summed E-state index contributed by atoms with van der Waals surface area (Å²) in [6, 6.07) is 3.91. The first kappa shape index (κ1) is 9.51. The van der Waals surface area contributed by atoms with Crippen LogP contribution in [0, 0.1) is 5.92 Å². The molecule has 1 unspecified atom stereocenters. The van der Waals surface area contributed by atoms with Gasteiger partial charge in [-0.05, 0) is 24.5 Å². The predicted molar refractivity (Wildman–Crippen MR) is 60.7 cm³/mol. The quantitative estimate of drug-likeness (QED) is 0.728. The largest absolute Gasteiger partial charge is 0.264 e. The second kappa shape index (κ2) is 3.70. The van der Waals surface area contributed by atoms with Crippen molar-refractivity contribution in [2.24, 2.45) is 5.92 Å². The van der Waals surface area contributed by atoms with Crippen LogP contribution in [0.25, 0.3) is 11.4 Å². The molecule has 1 atom stereocenters. The molecule has 4 heteroatoms. The Bertz CT molecular complexity index is 489. The van der Waals surface area contributed by atoms with Gasteiger partial charge in [-0.25, -0.2) is 9.67 Å². The highest BCUT2D eigenvalue weighted by molar-refractivity contribution is 5.52. The van der Waals surface area contributed by atoms with E-state index in [2.05, 4.69) is 22.0 Å². The molecule has 1 aliphatic heterocycles. The summed E-state index contributed by atoms with van der Waals surface area (Å²) in [6.07, 6.45) is 5.83. The van der Waals surface area contributed by atoms with Crippen molar-refractivity contribution >= 4 is 0 Å². The van der Waals surface area contributed by atoms with E-state index in [1.165, 1.54) is 6.42 Å². The molecule has 3 rings (SSSR count). The van der Waals surface area contributed by atoms with Gasteiger partial charge < -0.3 is 0 Å². The molecule has 2 aromatic rings. The lowest BCUT2D eigenvalue weighted by Gasteiger charge is -2.17. The zero-order valence-corrected chi connectivity index (χ0v) is 9.30. The highest BCUT2D eigenvalue weighted by Gasteiger charge is 2.18. The van der Waals surface area contributed by atoms with Crippen LogP contribution in [0.2, 0.25) is 0 Å². The summed E-state index contributed by atoms with van der Waals surface area (Å²) in [5, 5.41) is 4.54. The van der Waals surface area contributed by atoms with Crippen LogP contribution in [0.5, 0.6) is 0 Å². The molecule has 0 fully saturated rings. The zero-order chi connectivity index (χ0) is 11.0. The Labute approximate surface area is 94.4 Å². The molecule has 0 amide bonds. The summed E-state index contributed by atoms with van der Waals surface area (Å²) in [4.78, 5) is 8.66. The Hall–Kier alpha value is -1.71. The maximum Gasteiger partial charge on any atom is 0.182 e. The first-order valence-corrected chi connectivity index (χ1v) is 5.67. The van der Waals surface area contributed by atoms with Crippen LogP contribution >= 0.6 is 0 Å². The predicted octanol–water partition coefficient (Wildman–Crippen LogP) is 1.92. The van der Waals surface area contributed by atoms with Gasteiger partial charge in [0, 0.05) is 30.9 Å². The third kappa shape index (κ3) is 1.60. The smallest absolute Gasteiger partial charge is 0.182 e. The van der Waals surface area contributed by atoms with Gasteiger partial charge in [0.15, 0.2) is 5.82 Å². The highest BCUT2D eigenvalue weighted by Crippen LogP contribution is 2.21.